The third kappa shape index (κ3) is 4.86. The van der Waals surface area contributed by atoms with Crippen LogP contribution in [0.4, 0.5) is 0 Å². The van der Waals surface area contributed by atoms with E-state index in [9.17, 15) is 4.79 Å². The summed E-state index contributed by atoms with van der Waals surface area (Å²) in [4.78, 5) is 13.6. The lowest BCUT2D eigenvalue weighted by Crippen LogP contribution is -2.24. The predicted molar refractivity (Wildman–Crippen MR) is 61.2 cm³/mol. The first-order valence-corrected chi connectivity index (χ1v) is 6.44. The minimum Gasteiger partial charge on any atom is -0.302 e. The van der Waals surface area contributed by atoms with E-state index in [1.165, 1.54) is 25.9 Å². The van der Waals surface area contributed by atoms with Crippen LogP contribution in [0.1, 0.15) is 32.6 Å². The van der Waals surface area contributed by atoms with Crippen molar-refractivity contribution in [2.45, 2.75) is 32.6 Å². The van der Waals surface area contributed by atoms with Crippen molar-refractivity contribution >= 4 is 17.9 Å². The molecule has 0 bridgehead atoms. The topological polar surface area (TPSA) is 32.3 Å². The van der Waals surface area contributed by atoms with Gasteiger partial charge in [-0.25, -0.2) is 0 Å². The fourth-order valence-electron chi connectivity index (χ4n) is 1.59. The first-order valence-electron chi connectivity index (χ1n) is 5.46. The fraction of sp³-hybridized carbons (Fsp3) is 0.900. The number of carbonyl (C=O) groups is 1. The lowest BCUT2D eigenvalue weighted by molar-refractivity contribution is -0.119. The predicted octanol–water partition coefficient (Wildman–Crippen LogP) is 1.65. The van der Waals surface area contributed by atoms with Crippen LogP contribution in [0.25, 0.3) is 0 Å². The molecular weight excluding hydrogens is 196 g/mol. The molecule has 1 amide bonds. The van der Waals surface area contributed by atoms with Gasteiger partial charge in [0.05, 0.1) is 0 Å². The van der Waals surface area contributed by atoms with Gasteiger partial charge in [0.25, 0.3) is 0 Å². The van der Waals surface area contributed by atoms with Gasteiger partial charge in [-0.2, -0.15) is 0 Å². The Balaban J connectivity index is 1.90. The van der Waals surface area contributed by atoms with Gasteiger partial charge in [0.15, 0.2) is 0 Å². The highest BCUT2D eigenvalue weighted by molar-refractivity contribution is 7.97. The second kappa shape index (κ2) is 7.12. The van der Waals surface area contributed by atoms with Crippen LogP contribution in [0.15, 0.2) is 0 Å². The van der Waals surface area contributed by atoms with E-state index >= 15 is 0 Å². The maximum atomic E-state index is 11.1. The van der Waals surface area contributed by atoms with Crippen LogP contribution in [-0.4, -0.2) is 36.2 Å². The molecule has 1 heterocycles. The van der Waals surface area contributed by atoms with Gasteiger partial charge in [-0.3, -0.25) is 4.79 Å². The highest BCUT2D eigenvalue weighted by Gasteiger charge is 2.10. The van der Waals surface area contributed by atoms with E-state index in [1.54, 1.807) is 11.9 Å². The van der Waals surface area contributed by atoms with Gasteiger partial charge < -0.3 is 9.62 Å². The van der Waals surface area contributed by atoms with Crippen molar-refractivity contribution in [1.29, 1.82) is 0 Å². The van der Waals surface area contributed by atoms with Crippen LogP contribution in [0, 0.1) is 0 Å². The second-order valence-electron chi connectivity index (χ2n) is 3.67. The Kier molecular flexibility index (Phi) is 6.03. The summed E-state index contributed by atoms with van der Waals surface area (Å²) >= 11 is 1.55. The molecule has 14 heavy (non-hydrogen) atoms. The maximum Gasteiger partial charge on any atom is 0.229 e. The molecule has 1 aliphatic rings. The number of nitrogens with zero attached hydrogens (tertiary/aromatic N) is 1. The Morgan fingerprint density at radius 1 is 1.43 bits per heavy atom. The molecule has 0 atom stereocenters. The molecular formula is C10H20N2OS. The summed E-state index contributed by atoms with van der Waals surface area (Å²) in [6.45, 7) is 5.61. The van der Waals surface area contributed by atoms with Crippen molar-refractivity contribution in [3.05, 3.63) is 0 Å². The smallest absolute Gasteiger partial charge is 0.229 e. The molecule has 0 unspecified atom stereocenters. The molecule has 0 aromatic heterocycles. The Morgan fingerprint density at radius 3 is 2.79 bits per heavy atom. The van der Waals surface area contributed by atoms with Crippen molar-refractivity contribution in [2.24, 2.45) is 0 Å². The molecule has 1 saturated heterocycles. The van der Waals surface area contributed by atoms with Gasteiger partial charge in [0.1, 0.15) is 0 Å². The lowest BCUT2D eigenvalue weighted by atomic mass is 10.3. The number of likely N-dealkylation sites (tertiary alicyclic amines) is 1. The molecule has 0 spiro atoms. The molecule has 1 fully saturated rings. The minimum atomic E-state index is 0.166. The average molecular weight is 216 g/mol. The summed E-state index contributed by atoms with van der Waals surface area (Å²) in [7, 11) is 0. The van der Waals surface area contributed by atoms with Gasteiger partial charge in [-0.1, -0.05) is 6.92 Å². The van der Waals surface area contributed by atoms with Gasteiger partial charge in [0.2, 0.25) is 5.91 Å². The Labute approximate surface area is 90.7 Å². The summed E-state index contributed by atoms with van der Waals surface area (Å²) in [5.41, 5.74) is 0. The molecule has 4 heteroatoms. The fourth-order valence-corrected chi connectivity index (χ4v) is 2.31. The Bertz CT molecular complexity index is 170. The molecule has 1 aliphatic heterocycles. The zero-order valence-corrected chi connectivity index (χ0v) is 9.74. The van der Waals surface area contributed by atoms with Crippen LogP contribution in [0.3, 0.4) is 0 Å². The van der Waals surface area contributed by atoms with Crippen LogP contribution >= 0.6 is 11.9 Å². The summed E-state index contributed by atoms with van der Waals surface area (Å²) in [5.74, 6) is 1.18. The van der Waals surface area contributed by atoms with E-state index in [-0.39, 0.29) is 5.91 Å². The number of carbonyl (C=O) groups excluding carboxylic acids is 1. The zero-order valence-electron chi connectivity index (χ0n) is 8.92. The number of hydrogen-bond acceptors (Lipinski definition) is 3. The van der Waals surface area contributed by atoms with E-state index in [1.807, 2.05) is 6.92 Å². The van der Waals surface area contributed by atoms with Crippen molar-refractivity contribution in [1.82, 2.24) is 9.62 Å². The quantitative estimate of drug-likeness (QED) is 0.541. The Hall–Kier alpha value is -0.220. The van der Waals surface area contributed by atoms with Gasteiger partial charge in [0, 0.05) is 18.7 Å². The number of rotatable bonds is 6. The van der Waals surface area contributed by atoms with Crippen LogP contribution < -0.4 is 4.72 Å². The molecule has 0 aromatic rings. The van der Waals surface area contributed by atoms with E-state index in [2.05, 4.69) is 9.62 Å². The third-order valence-corrected chi connectivity index (χ3v) is 3.13. The van der Waals surface area contributed by atoms with Crippen molar-refractivity contribution < 1.29 is 4.79 Å². The highest BCUT2D eigenvalue weighted by Crippen LogP contribution is 2.07. The molecule has 3 nitrogen and oxygen atoms in total. The van der Waals surface area contributed by atoms with E-state index < -0.39 is 0 Å². The minimum absolute atomic E-state index is 0.166. The summed E-state index contributed by atoms with van der Waals surface area (Å²) in [5, 5.41) is 0. The van der Waals surface area contributed by atoms with E-state index in [0.717, 1.165) is 18.7 Å². The standard InChI is InChI=1S/C10H20N2OS/c1-2-5-10(13)11-14-9-8-12-6-3-4-7-12/h2-9H2,1H3,(H,11,13). The lowest BCUT2D eigenvalue weighted by Gasteiger charge is -2.13. The Morgan fingerprint density at radius 2 is 2.14 bits per heavy atom. The third-order valence-electron chi connectivity index (χ3n) is 2.37. The largest absolute Gasteiger partial charge is 0.302 e. The summed E-state index contributed by atoms with van der Waals surface area (Å²) < 4.78 is 2.86. The molecule has 1 N–H and O–H groups in total. The zero-order chi connectivity index (χ0) is 10.2. The summed E-state index contributed by atoms with van der Waals surface area (Å²) in [6, 6.07) is 0. The van der Waals surface area contributed by atoms with Gasteiger partial charge in [-0.15, -0.1) is 0 Å². The molecule has 0 saturated carbocycles. The van der Waals surface area contributed by atoms with Crippen molar-refractivity contribution in [3.8, 4) is 0 Å². The monoisotopic (exact) mass is 216 g/mol. The SMILES string of the molecule is CCCC(=O)NSCCN1CCCC1. The van der Waals surface area contributed by atoms with E-state index in [0.29, 0.717) is 6.42 Å². The molecule has 1 rings (SSSR count). The van der Waals surface area contributed by atoms with Crippen molar-refractivity contribution in [3.63, 3.8) is 0 Å². The van der Waals surface area contributed by atoms with E-state index in [4.69, 9.17) is 0 Å². The van der Waals surface area contributed by atoms with Crippen LogP contribution in [0.5, 0.6) is 0 Å². The highest BCUT2D eigenvalue weighted by atomic mass is 32.2. The van der Waals surface area contributed by atoms with Gasteiger partial charge in [-0.05, 0) is 44.3 Å². The first-order chi connectivity index (χ1) is 6.83. The van der Waals surface area contributed by atoms with Gasteiger partial charge >= 0.3 is 0 Å². The molecule has 0 aliphatic carbocycles. The second-order valence-corrected chi connectivity index (χ2v) is 4.57. The maximum absolute atomic E-state index is 11.1. The average Bonchev–Trinajstić information content (AvgIpc) is 2.65. The first kappa shape index (κ1) is 11.9. The van der Waals surface area contributed by atoms with Crippen molar-refractivity contribution in [2.75, 3.05) is 25.4 Å². The number of hydrogen-bond donors (Lipinski definition) is 1. The molecule has 0 aromatic carbocycles. The molecule has 82 valence electrons. The van der Waals surface area contributed by atoms with Crippen LogP contribution in [-0.2, 0) is 4.79 Å². The number of amides is 1. The normalized spacial score (nSPS) is 17.2. The van der Waals surface area contributed by atoms with Crippen LogP contribution in [0.2, 0.25) is 0 Å². The molecule has 0 radical (unpaired) electrons. The summed E-state index contributed by atoms with van der Waals surface area (Å²) in [6.07, 6.45) is 4.26. The number of nitrogens with one attached hydrogen (secondary N) is 1.